The zero-order valence-corrected chi connectivity index (χ0v) is 13.4. The molecular formula is C15H17BrN2O2. The Morgan fingerprint density at radius 2 is 2.20 bits per heavy atom. The van der Waals surface area contributed by atoms with Gasteiger partial charge in [-0.25, -0.2) is 0 Å². The second-order valence-corrected chi connectivity index (χ2v) is 5.44. The molecule has 0 saturated carbocycles. The molecular weight excluding hydrogens is 320 g/mol. The SMILES string of the molecule is CCc1nn(C)cc1C(=O)Cc1ccc(OC)c(Br)c1. The van der Waals surface area contributed by atoms with E-state index in [9.17, 15) is 4.79 Å². The van der Waals surface area contributed by atoms with Gasteiger partial charge in [-0.05, 0) is 40.0 Å². The molecule has 0 aliphatic carbocycles. The number of carbonyl (C=O) groups is 1. The van der Waals surface area contributed by atoms with E-state index in [4.69, 9.17) is 4.74 Å². The van der Waals surface area contributed by atoms with Crippen LogP contribution in [0.1, 0.15) is 28.5 Å². The average Bonchev–Trinajstić information content (AvgIpc) is 2.80. The van der Waals surface area contributed by atoms with Crippen LogP contribution in [0.2, 0.25) is 0 Å². The van der Waals surface area contributed by atoms with E-state index in [1.54, 1.807) is 18.0 Å². The van der Waals surface area contributed by atoms with E-state index in [1.807, 2.05) is 32.2 Å². The average molecular weight is 337 g/mol. The first-order chi connectivity index (χ1) is 9.55. The van der Waals surface area contributed by atoms with Crippen molar-refractivity contribution in [3.8, 4) is 5.75 Å². The van der Waals surface area contributed by atoms with Gasteiger partial charge in [0.05, 0.1) is 22.8 Å². The van der Waals surface area contributed by atoms with Gasteiger partial charge in [0.15, 0.2) is 5.78 Å². The molecule has 0 N–H and O–H groups in total. The number of methoxy groups -OCH3 is 1. The molecule has 2 aromatic rings. The summed E-state index contributed by atoms with van der Waals surface area (Å²) in [6.07, 6.45) is 2.91. The van der Waals surface area contributed by atoms with Crippen molar-refractivity contribution in [2.24, 2.45) is 7.05 Å². The summed E-state index contributed by atoms with van der Waals surface area (Å²) in [5.41, 5.74) is 2.51. The maximum atomic E-state index is 12.4. The van der Waals surface area contributed by atoms with Crippen molar-refractivity contribution in [2.75, 3.05) is 7.11 Å². The number of hydrogen-bond acceptors (Lipinski definition) is 3. The molecule has 106 valence electrons. The third-order valence-electron chi connectivity index (χ3n) is 3.12. The van der Waals surface area contributed by atoms with Crippen LogP contribution in [-0.4, -0.2) is 22.7 Å². The second-order valence-electron chi connectivity index (χ2n) is 4.59. The zero-order chi connectivity index (χ0) is 14.7. The molecule has 4 nitrogen and oxygen atoms in total. The number of carbonyl (C=O) groups excluding carboxylic acids is 1. The molecule has 0 saturated heterocycles. The first-order valence-corrected chi connectivity index (χ1v) is 7.22. The van der Waals surface area contributed by atoms with Crippen LogP contribution >= 0.6 is 15.9 Å². The number of halogens is 1. The van der Waals surface area contributed by atoms with Crippen LogP contribution in [0.25, 0.3) is 0 Å². The van der Waals surface area contributed by atoms with Crippen LogP contribution in [0, 0.1) is 0 Å². The second kappa shape index (κ2) is 6.22. The van der Waals surface area contributed by atoms with E-state index >= 15 is 0 Å². The van der Waals surface area contributed by atoms with Crippen molar-refractivity contribution in [1.82, 2.24) is 9.78 Å². The van der Waals surface area contributed by atoms with Gasteiger partial charge in [-0.3, -0.25) is 9.48 Å². The van der Waals surface area contributed by atoms with Crippen LogP contribution in [-0.2, 0) is 19.9 Å². The molecule has 0 atom stereocenters. The number of hydrogen-bond donors (Lipinski definition) is 0. The molecule has 0 unspecified atom stereocenters. The number of nitrogens with zero attached hydrogens (tertiary/aromatic N) is 2. The standard InChI is InChI=1S/C15H17BrN2O2/c1-4-13-11(9-18(2)17-13)14(19)8-10-5-6-15(20-3)12(16)7-10/h5-7,9H,4,8H2,1-3H3. The Balaban J connectivity index is 2.21. The van der Waals surface area contributed by atoms with Crippen molar-refractivity contribution in [2.45, 2.75) is 19.8 Å². The fraction of sp³-hybridized carbons (Fsp3) is 0.333. The highest BCUT2D eigenvalue weighted by atomic mass is 79.9. The minimum atomic E-state index is 0.0898. The van der Waals surface area contributed by atoms with Gasteiger partial charge in [-0.15, -0.1) is 0 Å². The van der Waals surface area contributed by atoms with Crippen molar-refractivity contribution >= 4 is 21.7 Å². The first-order valence-electron chi connectivity index (χ1n) is 6.43. The minimum absolute atomic E-state index is 0.0898. The van der Waals surface area contributed by atoms with Crippen LogP contribution in [0.15, 0.2) is 28.9 Å². The highest BCUT2D eigenvalue weighted by Crippen LogP contribution is 2.26. The Morgan fingerprint density at radius 1 is 1.45 bits per heavy atom. The summed E-state index contributed by atoms with van der Waals surface area (Å²) in [5, 5.41) is 4.30. The molecule has 0 spiro atoms. The number of ketones is 1. The summed E-state index contributed by atoms with van der Waals surface area (Å²) in [6, 6.07) is 5.68. The van der Waals surface area contributed by atoms with Gasteiger partial charge in [-0.2, -0.15) is 5.10 Å². The van der Waals surface area contributed by atoms with Crippen LogP contribution in [0.4, 0.5) is 0 Å². The lowest BCUT2D eigenvalue weighted by Gasteiger charge is -2.06. The molecule has 1 aromatic carbocycles. The van der Waals surface area contributed by atoms with Gasteiger partial charge in [-0.1, -0.05) is 13.0 Å². The van der Waals surface area contributed by atoms with Gasteiger partial charge in [0.2, 0.25) is 0 Å². The molecule has 1 heterocycles. The topological polar surface area (TPSA) is 44.1 Å². The van der Waals surface area contributed by atoms with E-state index in [2.05, 4.69) is 21.0 Å². The molecule has 0 aliphatic heterocycles. The van der Waals surface area contributed by atoms with E-state index in [0.717, 1.165) is 27.9 Å². The molecule has 0 fully saturated rings. The number of ether oxygens (including phenoxy) is 1. The fourth-order valence-electron chi connectivity index (χ4n) is 2.13. The number of rotatable bonds is 5. The maximum absolute atomic E-state index is 12.4. The summed E-state index contributed by atoms with van der Waals surface area (Å²) in [6.45, 7) is 2.00. The lowest BCUT2D eigenvalue weighted by molar-refractivity contribution is 0.0992. The van der Waals surface area contributed by atoms with Crippen molar-refractivity contribution in [3.05, 3.63) is 45.7 Å². The molecule has 0 aliphatic rings. The summed E-state index contributed by atoms with van der Waals surface area (Å²) in [4.78, 5) is 12.4. The van der Waals surface area contributed by atoms with Gasteiger partial charge < -0.3 is 4.74 Å². The van der Waals surface area contributed by atoms with Gasteiger partial charge in [0.25, 0.3) is 0 Å². The molecule has 5 heteroatoms. The number of benzene rings is 1. The number of aryl methyl sites for hydroxylation is 2. The van der Waals surface area contributed by atoms with Gasteiger partial charge in [0.1, 0.15) is 5.75 Å². The fourth-order valence-corrected chi connectivity index (χ4v) is 2.72. The molecule has 20 heavy (non-hydrogen) atoms. The largest absolute Gasteiger partial charge is 0.496 e. The van der Waals surface area contributed by atoms with E-state index in [1.165, 1.54) is 0 Å². The summed E-state index contributed by atoms with van der Waals surface area (Å²) in [5.74, 6) is 0.851. The van der Waals surface area contributed by atoms with Crippen molar-refractivity contribution in [3.63, 3.8) is 0 Å². The maximum Gasteiger partial charge on any atom is 0.170 e. The Kier molecular flexibility index (Phi) is 4.60. The highest BCUT2D eigenvalue weighted by molar-refractivity contribution is 9.10. The Labute approximate surface area is 126 Å². The summed E-state index contributed by atoms with van der Waals surface area (Å²) in [7, 11) is 3.45. The third-order valence-corrected chi connectivity index (χ3v) is 3.74. The number of aromatic nitrogens is 2. The zero-order valence-electron chi connectivity index (χ0n) is 11.8. The summed E-state index contributed by atoms with van der Waals surface area (Å²) >= 11 is 3.43. The van der Waals surface area contributed by atoms with E-state index in [-0.39, 0.29) is 5.78 Å². The third kappa shape index (κ3) is 3.10. The molecule has 2 rings (SSSR count). The predicted molar refractivity (Wildman–Crippen MR) is 81.3 cm³/mol. The quantitative estimate of drug-likeness (QED) is 0.787. The van der Waals surface area contributed by atoms with Crippen LogP contribution in [0.5, 0.6) is 5.75 Å². The molecule has 0 bridgehead atoms. The van der Waals surface area contributed by atoms with Gasteiger partial charge >= 0.3 is 0 Å². The van der Waals surface area contributed by atoms with E-state index in [0.29, 0.717) is 12.0 Å². The van der Waals surface area contributed by atoms with Crippen molar-refractivity contribution < 1.29 is 9.53 Å². The summed E-state index contributed by atoms with van der Waals surface area (Å²) < 4.78 is 7.73. The predicted octanol–water partition coefficient (Wildman–Crippen LogP) is 3.18. The first kappa shape index (κ1) is 14.8. The molecule has 0 radical (unpaired) electrons. The normalized spacial score (nSPS) is 10.6. The smallest absolute Gasteiger partial charge is 0.170 e. The van der Waals surface area contributed by atoms with Gasteiger partial charge in [0, 0.05) is 19.7 Å². The highest BCUT2D eigenvalue weighted by Gasteiger charge is 2.15. The molecule has 0 amide bonds. The Hall–Kier alpha value is -1.62. The lowest BCUT2D eigenvalue weighted by Crippen LogP contribution is -2.05. The monoisotopic (exact) mass is 336 g/mol. The minimum Gasteiger partial charge on any atom is -0.496 e. The van der Waals surface area contributed by atoms with Crippen molar-refractivity contribution in [1.29, 1.82) is 0 Å². The van der Waals surface area contributed by atoms with E-state index < -0.39 is 0 Å². The molecule has 1 aromatic heterocycles. The Morgan fingerprint density at radius 3 is 2.80 bits per heavy atom. The lowest BCUT2D eigenvalue weighted by atomic mass is 10.0. The Bertz CT molecular complexity index is 635. The van der Waals surface area contributed by atoms with Crippen LogP contribution < -0.4 is 4.74 Å². The number of Topliss-reactive ketones (excluding diaryl/α,β-unsaturated/α-hetero) is 1. The van der Waals surface area contributed by atoms with Crippen LogP contribution in [0.3, 0.4) is 0 Å².